The Kier molecular flexibility index (Phi) is 6.41. The first-order valence-corrected chi connectivity index (χ1v) is 10.8. The standard InChI is InChI=1S/C24H21BrFN3O3/c1-15-23(16(2)29(28-15)13-17-7-9-18(26)10-8-17)27-24(30)22-12-11-19(32-22)14-31-21-6-4-3-5-20(21)25/h3-12H,13-14H2,1-2H3,(H,27,30). The number of furan rings is 1. The number of nitrogens with one attached hydrogen (secondary N) is 1. The second kappa shape index (κ2) is 9.40. The number of carbonyl (C=O) groups excluding carboxylic acids is 1. The zero-order valence-corrected chi connectivity index (χ0v) is 19.1. The van der Waals surface area contributed by atoms with Crippen LogP contribution in [0.1, 0.15) is 33.3 Å². The number of ether oxygens (including phenoxy) is 1. The summed E-state index contributed by atoms with van der Waals surface area (Å²) in [5.74, 6) is 0.751. The second-order valence-electron chi connectivity index (χ2n) is 7.27. The number of rotatable bonds is 7. The molecule has 0 aliphatic carbocycles. The second-order valence-corrected chi connectivity index (χ2v) is 8.12. The van der Waals surface area contributed by atoms with Crippen LogP contribution in [0.5, 0.6) is 5.75 Å². The number of halogens is 2. The summed E-state index contributed by atoms with van der Waals surface area (Å²) in [6.07, 6.45) is 0. The third-order valence-electron chi connectivity index (χ3n) is 4.96. The molecule has 4 rings (SSSR count). The summed E-state index contributed by atoms with van der Waals surface area (Å²) in [7, 11) is 0. The van der Waals surface area contributed by atoms with E-state index in [0.29, 0.717) is 29.4 Å². The van der Waals surface area contributed by atoms with Crippen LogP contribution >= 0.6 is 15.9 Å². The molecule has 2 aromatic carbocycles. The van der Waals surface area contributed by atoms with Crippen molar-refractivity contribution >= 4 is 27.5 Å². The van der Waals surface area contributed by atoms with Crippen molar-refractivity contribution < 1.29 is 18.3 Å². The minimum absolute atomic E-state index is 0.181. The van der Waals surface area contributed by atoms with E-state index in [1.54, 1.807) is 28.9 Å². The van der Waals surface area contributed by atoms with Crippen molar-refractivity contribution in [1.82, 2.24) is 9.78 Å². The van der Waals surface area contributed by atoms with E-state index in [4.69, 9.17) is 9.15 Å². The van der Waals surface area contributed by atoms with E-state index >= 15 is 0 Å². The van der Waals surface area contributed by atoms with E-state index < -0.39 is 0 Å². The average Bonchev–Trinajstić information content (AvgIpc) is 3.35. The number of aryl methyl sites for hydroxylation is 1. The Bertz CT molecular complexity index is 1250. The molecule has 8 heteroatoms. The normalized spacial score (nSPS) is 10.9. The molecule has 1 N–H and O–H groups in total. The Balaban J connectivity index is 1.42. The third kappa shape index (κ3) is 4.91. The Morgan fingerprint density at radius 3 is 2.62 bits per heavy atom. The van der Waals surface area contributed by atoms with Crippen molar-refractivity contribution in [2.45, 2.75) is 27.0 Å². The molecule has 164 valence electrons. The van der Waals surface area contributed by atoms with Crippen LogP contribution in [0.15, 0.2) is 69.6 Å². The minimum atomic E-state index is -0.371. The van der Waals surface area contributed by atoms with Gasteiger partial charge in [-0.15, -0.1) is 0 Å². The van der Waals surface area contributed by atoms with Crippen LogP contribution in [0.3, 0.4) is 0 Å². The van der Waals surface area contributed by atoms with Crippen LogP contribution < -0.4 is 10.1 Å². The molecule has 2 heterocycles. The van der Waals surface area contributed by atoms with E-state index in [-0.39, 0.29) is 24.1 Å². The summed E-state index contributed by atoms with van der Waals surface area (Å²) < 4.78 is 27.1. The summed E-state index contributed by atoms with van der Waals surface area (Å²) in [5.41, 5.74) is 3.02. The molecule has 0 saturated carbocycles. The molecule has 0 atom stereocenters. The molecule has 0 bridgehead atoms. The fourth-order valence-corrected chi connectivity index (χ4v) is 3.66. The number of benzene rings is 2. The molecule has 0 saturated heterocycles. The van der Waals surface area contributed by atoms with Crippen LogP contribution in [0.25, 0.3) is 0 Å². The fraction of sp³-hybridized carbons (Fsp3) is 0.167. The molecule has 0 radical (unpaired) electrons. The highest BCUT2D eigenvalue weighted by atomic mass is 79.9. The summed E-state index contributed by atoms with van der Waals surface area (Å²) in [6, 6.07) is 17.1. The van der Waals surface area contributed by atoms with Crippen LogP contribution in [-0.2, 0) is 13.2 Å². The van der Waals surface area contributed by atoms with Gasteiger partial charge in [0.1, 0.15) is 23.9 Å². The zero-order chi connectivity index (χ0) is 22.7. The fourth-order valence-electron chi connectivity index (χ4n) is 3.26. The number of hydrogen-bond acceptors (Lipinski definition) is 4. The van der Waals surface area contributed by atoms with Gasteiger partial charge < -0.3 is 14.5 Å². The molecule has 2 aromatic heterocycles. The van der Waals surface area contributed by atoms with E-state index in [9.17, 15) is 9.18 Å². The summed E-state index contributed by atoms with van der Waals surface area (Å²) in [5, 5.41) is 7.39. The SMILES string of the molecule is Cc1nn(Cc2ccc(F)cc2)c(C)c1NC(=O)c1ccc(COc2ccccc2Br)o1. The number of anilines is 1. The van der Waals surface area contributed by atoms with Crippen LogP contribution in [0, 0.1) is 19.7 Å². The average molecular weight is 498 g/mol. The molecular formula is C24H21BrFN3O3. The lowest BCUT2D eigenvalue weighted by atomic mass is 10.2. The monoisotopic (exact) mass is 497 g/mol. The van der Waals surface area contributed by atoms with Crippen molar-refractivity contribution in [1.29, 1.82) is 0 Å². The first-order valence-electron chi connectivity index (χ1n) is 9.96. The van der Waals surface area contributed by atoms with Crippen molar-refractivity contribution in [3.05, 3.63) is 99.4 Å². The Morgan fingerprint density at radius 1 is 1.12 bits per heavy atom. The van der Waals surface area contributed by atoms with E-state index in [1.165, 1.54) is 12.1 Å². The number of nitrogens with zero attached hydrogens (tertiary/aromatic N) is 2. The molecule has 0 spiro atoms. The maximum absolute atomic E-state index is 13.1. The predicted molar refractivity (Wildman–Crippen MR) is 122 cm³/mol. The zero-order valence-electron chi connectivity index (χ0n) is 17.6. The van der Waals surface area contributed by atoms with Gasteiger partial charge in [-0.25, -0.2) is 4.39 Å². The summed E-state index contributed by atoms with van der Waals surface area (Å²) in [6.45, 7) is 4.37. The van der Waals surface area contributed by atoms with E-state index in [2.05, 4.69) is 26.3 Å². The molecule has 0 aliphatic rings. The smallest absolute Gasteiger partial charge is 0.291 e. The highest BCUT2D eigenvalue weighted by Gasteiger charge is 2.18. The molecule has 0 unspecified atom stereocenters. The topological polar surface area (TPSA) is 69.3 Å². The van der Waals surface area contributed by atoms with Crippen LogP contribution in [0.2, 0.25) is 0 Å². The third-order valence-corrected chi connectivity index (χ3v) is 5.61. The lowest BCUT2D eigenvalue weighted by Crippen LogP contribution is -2.12. The lowest BCUT2D eigenvalue weighted by Gasteiger charge is -2.07. The maximum Gasteiger partial charge on any atom is 0.291 e. The van der Waals surface area contributed by atoms with Crippen molar-refractivity contribution in [3.8, 4) is 5.75 Å². The van der Waals surface area contributed by atoms with Gasteiger partial charge >= 0.3 is 0 Å². The quantitative estimate of drug-likeness (QED) is 0.346. The molecule has 4 aromatic rings. The van der Waals surface area contributed by atoms with Gasteiger partial charge in [-0.3, -0.25) is 9.48 Å². The number of carbonyl (C=O) groups is 1. The van der Waals surface area contributed by atoms with Gasteiger partial charge in [0.05, 0.1) is 28.1 Å². The Labute approximate surface area is 193 Å². The first kappa shape index (κ1) is 21.8. The van der Waals surface area contributed by atoms with Gasteiger partial charge in [0.15, 0.2) is 5.76 Å². The van der Waals surface area contributed by atoms with Crippen molar-refractivity contribution in [2.75, 3.05) is 5.32 Å². The van der Waals surface area contributed by atoms with Gasteiger partial charge in [0, 0.05) is 0 Å². The Morgan fingerprint density at radius 2 is 1.88 bits per heavy atom. The molecule has 32 heavy (non-hydrogen) atoms. The van der Waals surface area contributed by atoms with Crippen molar-refractivity contribution in [2.24, 2.45) is 0 Å². The Hall–Kier alpha value is -3.39. The molecular weight excluding hydrogens is 477 g/mol. The molecule has 0 fully saturated rings. The van der Waals surface area contributed by atoms with Crippen LogP contribution in [0.4, 0.5) is 10.1 Å². The summed E-state index contributed by atoms with van der Waals surface area (Å²) in [4.78, 5) is 12.7. The number of para-hydroxylation sites is 1. The van der Waals surface area contributed by atoms with E-state index in [1.807, 2.05) is 38.1 Å². The number of amides is 1. The highest BCUT2D eigenvalue weighted by Crippen LogP contribution is 2.25. The van der Waals surface area contributed by atoms with Gasteiger partial charge in [-0.1, -0.05) is 24.3 Å². The molecule has 6 nitrogen and oxygen atoms in total. The van der Waals surface area contributed by atoms with Gasteiger partial charge in [0.2, 0.25) is 0 Å². The minimum Gasteiger partial charge on any atom is -0.484 e. The summed E-state index contributed by atoms with van der Waals surface area (Å²) >= 11 is 3.43. The lowest BCUT2D eigenvalue weighted by molar-refractivity contribution is 0.0992. The molecule has 1 amide bonds. The predicted octanol–water partition coefficient (Wildman–Crippen LogP) is 5.87. The first-order chi connectivity index (χ1) is 15.4. The van der Waals surface area contributed by atoms with Gasteiger partial charge in [-0.2, -0.15) is 5.10 Å². The highest BCUT2D eigenvalue weighted by molar-refractivity contribution is 9.10. The molecule has 0 aliphatic heterocycles. The van der Waals surface area contributed by atoms with E-state index in [0.717, 1.165) is 15.7 Å². The van der Waals surface area contributed by atoms with Crippen LogP contribution in [-0.4, -0.2) is 15.7 Å². The van der Waals surface area contributed by atoms with Gasteiger partial charge in [-0.05, 0) is 71.7 Å². The number of aromatic nitrogens is 2. The van der Waals surface area contributed by atoms with Gasteiger partial charge in [0.25, 0.3) is 5.91 Å². The largest absolute Gasteiger partial charge is 0.484 e. The maximum atomic E-state index is 13.1. The van der Waals surface area contributed by atoms with Crippen molar-refractivity contribution in [3.63, 3.8) is 0 Å². The number of hydrogen-bond donors (Lipinski definition) is 1.